The number of rotatable bonds is 9. The maximum absolute atomic E-state index is 13.3. The number of hydrogen-bond donors (Lipinski definition) is 4. The molecule has 37 heavy (non-hydrogen) atoms. The van der Waals surface area contributed by atoms with Crippen molar-refractivity contribution in [1.29, 1.82) is 0 Å². The summed E-state index contributed by atoms with van der Waals surface area (Å²) >= 11 is 3.41. The first kappa shape index (κ1) is 26.7. The van der Waals surface area contributed by atoms with Crippen LogP contribution < -0.4 is 10.6 Å². The molecule has 2 aromatic carbocycles. The zero-order valence-corrected chi connectivity index (χ0v) is 22.5. The Balaban J connectivity index is 1.48. The van der Waals surface area contributed by atoms with Gasteiger partial charge in [0.2, 0.25) is 11.8 Å². The van der Waals surface area contributed by atoms with E-state index in [1.807, 2.05) is 41.3 Å². The molecule has 1 saturated heterocycles. The van der Waals surface area contributed by atoms with Crippen molar-refractivity contribution in [2.24, 2.45) is 0 Å². The van der Waals surface area contributed by atoms with Gasteiger partial charge in [0.1, 0.15) is 0 Å². The van der Waals surface area contributed by atoms with Gasteiger partial charge in [-0.3, -0.25) is 9.59 Å². The Kier molecular flexibility index (Phi) is 8.87. The summed E-state index contributed by atoms with van der Waals surface area (Å²) in [5, 5.41) is 15.9. The first-order valence-electron chi connectivity index (χ1n) is 12.7. The van der Waals surface area contributed by atoms with Gasteiger partial charge in [0, 0.05) is 66.0 Å². The molecule has 8 nitrogen and oxygen atoms in total. The van der Waals surface area contributed by atoms with E-state index >= 15 is 0 Å². The number of carbonyl (C=O) groups excluding carboxylic acids is 2. The molecule has 9 heteroatoms. The number of halogens is 1. The molecule has 1 fully saturated rings. The molecule has 196 valence electrons. The quantitative estimate of drug-likeness (QED) is 0.302. The SMILES string of the molecule is CC(=O)NCCc1c(C2CCCN(C(=O)C[C@@H](Cc3ccc(Br)cc3)NC(=O)O)C2)[nH]c2ccccc12. The average molecular weight is 570 g/mol. The molecule has 0 spiro atoms. The molecule has 1 aliphatic heterocycles. The minimum absolute atomic E-state index is 0.0449. The molecule has 3 amide bonds. The number of para-hydroxylation sites is 1. The summed E-state index contributed by atoms with van der Waals surface area (Å²) < 4.78 is 0.947. The lowest BCUT2D eigenvalue weighted by molar-refractivity contribution is -0.133. The second-order valence-electron chi connectivity index (χ2n) is 9.66. The van der Waals surface area contributed by atoms with Crippen LogP contribution in [0.3, 0.4) is 0 Å². The summed E-state index contributed by atoms with van der Waals surface area (Å²) in [6.45, 7) is 3.31. The third-order valence-electron chi connectivity index (χ3n) is 6.92. The molecule has 1 aliphatic rings. The molecular formula is C28H33BrN4O4. The first-order valence-corrected chi connectivity index (χ1v) is 13.4. The highest BCUT2D eigenvalue weighted by molar-refractivity contribution is 9.10. The summed E-state index contributed by atoms with van der Waals surface area (Å²) in [6.07, 6.45) is 1.96. The predicted octanol–water partition coefficient (Wildman–Crippen LogP) is 4.58. The Morgan fingerprint density at radius 3 is 2.65 bits per heavy atom. The van der Waals surface area contributed by atoms with E-state index in [9.17, 15) is 19.5 Å². The lowest BCUT2D eigenvalue weighted by Crippen LogP contribution is -2.44. The normalized spacial score (nSPS) is 16.4. The van der Waals surface area contributed by atoms with Crippen LogP contribution in [0.1, 0.15) is 48.9 Å². The van der Waals surface area contributed by atoms with Crippen LogP contribution >= 0.6 is 15.9 Å². The minimum atomic E-state index is -1.13. The van der Waals surface area contributed by atoms with Crippen LogP contribution in [0.2, 0.25) is 0 Å². The van der Waals surface area contributed by atoms with Gasteiger partial charge in [0.05, 0.1) is 0 Å². The second kappa shape index (κ2) is 12.3. The standard InChI is InChI=1S/C28H33BrN4O4/c1-18(34)30-13-12-24-23-6-2-3-7-25(23)32-27(24)20-5-4-14-33(17-20)26(35)16-22(31-28(36)37)15-19-8-10-21(29)11-9-19/h2-3,6-11,20,22,31-32H,4-5,12-17H2,1H3,(H,30,34)(H,36,37)/t20?,22-/m1/s1. The number of benzene rings is 2. The van der Waals surface area contributed by atoms with Crippen molar-refractivity contribution in [1.82, 2.24) is 20.5 Å². The molecule has 3 aromatic rings. The largest absolute Gasteiger partial charge is 0.465 e. The highest BCUT2D eigenvalue weighted by Gasteiger charge is 2.29. The third kappa shape index (κ3) is 7.13. The minimum Gasteiger partial charge on any atom is -0.465 e. The number of nitrogens with zero attached hydrogens (tertiary/aromatic N) is 1. The van der Waals surface area contributed by atoms with Crippen molar-refractivity contribution < 1.29 is 19.5 Å². The number of fused-ring (bicyclic) bond motifs is 1. The van der Waals surface area contributed by atoms with Gasteiger partial charge in [-0.15, -0.1) is 0 Å². The first-order chi connectivity index (χ1) is 17.8. The van der Waals surface area contributed by atoms with Crippen LogP contribution in [0.5, 0.6) is 0 Å². The van der Waals surface area contributed by atoms with E-state index in [0.29, 0.717) is 32.5 Å². The molecule has 2 heterocycles. The lowest BCUT2D eigenvalue weighted by atomic mass is 9.90. The van der Waals surface area contributed by atoms with Gasteiger partial charge in [-0.05, 0) is 55.0 Å². The van der Waals surface area contributed by atoms with Crippen LogP contribution in [0, 0.1) is 0 Å². The number of hydrogen-bond acceptors (Lipinski definition) is 3. The van der Waals surface area contributed by atoms with Gasteiger partial charge in [-0.2, -0.15) is 0 Å². The fourth-order valence-electron chi connectivity index (χ4n) is 5.24. The Labute approximate surface area is 224 Å². The summed E-state index contributed by atoms with van der Waals surface area (Å²) in [4.78, 5) is 41.6. The topological polar surface area (TPSA) is 115 Å². The Morgan fingerprint density at radius 2 is 1.92 bits per heavy atom. The molecular weight excluding hydrogens is 536 g/mol. The van der Waals surface area contributed by atoms with E-state index in [1.54, 1.807) is 0 Å². The van der Waals surface area contributed by atoms with Crippen LogP contribution in [0.25, 0.3) is 10.9 Å². The number of amides is 3. The Morgan fingerprint density at radius 1 is 1.16 bits per heavy atom. The van der Waals surface area contributed by atoms with Gasteiger partial charge in [-0.1, -0.05) is 46.3 Å². The zero-order chi connectivity index (χ0) is 26.4. The van der Waals surface area contributed by atoms with Gasteiger partial charge in [-0.25, -0.2) is 4.79 Å². The van der Waals surface area contributed by atoms with Gasteiger partial charge in [0.15, 0.2) is 0 Å². The van der Waals surface area contributed by atoms with Crippen molar-refractivity contribution in [3.8, 4) is 0 Å². The Bertz CT molecular complexity index is 1260. The number of piperidine rings is 1. The van der Waals surface area contributed by atoms with Crippen molar-refractivity contribution >= 4 is 44.7 Å². The number of nitrogens with one attached hydrogen (secondary N) is 3. The molecule has 0 bridgehead atoms. The average Bonchev–Trinajstić information content (AvgIpc) is 3.23. The van der Waals surface area contributed by atoms with Crippen LogP contribution in [-0.4, -0.2) is 58.6 Å². The number of H-pyrrole nitrogens is 1. The number of aromatic nitrogens is 1. The van der Waals surface area contributed by atoms with Gasteiger partial charge >= 0.3 is 6.09 Å². The monoisotopic (exact) mass is 568 g/mol. The molecule has 1 aromatic heterocycles. The highest BCUT2D eigenvalue weighted by Crippen LogP contribution is 2.33. The number of carboxylic acid groups (broad SMARTS) is 1. The molecule has 2 atom stereocenters. The highest BCUT2D eigenvalue weighted by atomic mass is 79.9. The Hall–Kier alpha value is -3.33. The molecule has 0 saturated carbocycles. The maximum atomic E-state index is 13.3. The molecule has 1 unspecified atom stereocenters. The summed E-state index contributed by atoms with van der Waals surface area (Å²) in [7, 11) is 0. The van der Waals surface area contributed by atoms with Crippen molar-refractivity contribution in [2.75, 3.05) is 19.6 Å². The molecule has 0 radical (unpaired) electrons. The van der Waals surface area contributed by atoms with Crippen molar-refractivity contribution in [2.45, 2.75) is 51.0 Å². The van der Waals surface area contributed by atoms with Gasteiger partial charge < -0.3 is 25.6 Å². The van der Waals surface area contributed by atoms with E-state index in [4.69, 9.17) is 0 Å². The lowest BCUT2D eigenvalue weighted by Gasteiger charge is -2.34. The number of likely N-dealkylation sites (tertiary alicyclic amines) is 1. The predicted molar refractivity (Wildman–Crippen MR) is 147 cm³/mol. The smallest absolute Gasteiger partial charge is 0.404 e. The van der Waals surface area contributed by atoms with Gasteiger partial charge in [0.25, 0.3) is 0 Å². The van der Waals surface area contributed by atoms with Crippen LogP contribution in [-0.2, 0) is 22.4 Å². The fourth-order valence-corrected chi connectivity index (χ4v) is 5.50. The third-order valence-corrected chi connectivity index (χ3v) is 7.45. The number of aromatic amines is 1. The summed E-state index contributed by atoms with van der Waals surface area (Å²) in [5.74, 6) is 0.0507. The van der Waals surface area contributed by atoms with E-state index in [1.165, 1.54) is 12.5 Å². The molecule has 4 N–H and O–H groups in total. The summed E-state index contributed by atoms with van der Waals surface area (Å²) in [5.41, 5.74) is 4.33. The molecule has 4 rings (SSSR count). The summed E-state index contributed by atoms with van der Waals surface area (Å²) in [6, 6.07) is 15.3. The van der Waals surface area contributed by atoms with E-state index in [0.717, 1.165) is 39.5 Å². The van der Waals surface area contributed by atoms with E-state index in [2.05, 4.69) is 43.7 Å². The second-order valence-corrected chi connectivity index (χ2v) is 10.6. The van der Waals surface area contributed by atoms with E-state index < -0.39 is 12.1 Å². The maximum Gasteiger partial charge on any atom is 0.404 e. The van der Waals surface area contributed by atoms with Crippen molar-refractivity contribution in [3.05, 3.63) is 69.8 Å². The molecule has 0 aliphatic carbocycles. The van der Waals surface area contributed by atoms with Crippen LogP contribution in [0.4, 0.5) is 4.79 Å². The fraction of sp³-hybridized carbons (Fsp3) is 0.393. The van der Waals surface area contributed by atoms with Crippen molar-refractivity contribution in [3.63, 3.8) is 0 Å². The van der Waals surface area contributed by atoms with E-state index in [-0.39, 0.29) is 24.2 Å². The van der Waals surface area contributed by atoms with Crippen LogP contribution in [0.15, 0.2) is 53.0 Å². The number of carbonyl (C=O) groups is 3. The zero-order valence-electron chi connectivity index (χ0n) is 20.9.